The van der Waals surface area contributed by atoms with Crippen molar-refractivity contribution in [3.05, 3.63) is 102 Å². The zero-order valence-electron chi connectivity index (χ0n) is 16.7. The summed E-state index contributed by atoms with van der Waals surface area (Å²) in [5.74, 6) is 1.23. The standard InChI is InChI=1S/C25H25NO3/c1-28-23-15-13-19(17-24(23)29-2)14-16-25(27)26-18-22(20-9-5-3-6-10-20)21-11-7-4-8-12-21/h3-17,22H,18H2,1-2H3,(H,26,27)/b16-14+. The van der Waals surface area contributed by atoms with Crippen LogP contribution in [0.25, 0.3) is 6.08 Å². The Morgan fingerprint density at radius 2 is 1.45 bits per heavy atom. The van der Waals surface area contributed by atoms with Crippen molar-refractivity contribution in [1.29, 1.82) is 0 Å². The molecular weight excluding hydrogens is 362 g/mol. The van der Waals surface area contributed by atoms with Crippen molar-refractivity contribution < 1.29 is 14.3 Å². The Kier molecular flexibility index (Phi) is 7.06. The van der Waals surface area contributed by atoms with E-state index in [1.54, 1.807) is 20.3 Å². The van der Waals surface area contributed by atoms with Crippen LogP contribution in [0.3, 0.4) is 0 Å². The second kappa shape index (κ2) is 10.1. The van der Waals surface area contributed by atoms with Crippen LogP contribution in [-0.2, 0) is 4.79 Å². The molecule has 3 aromatic carbocycles. The molecule has 1 amide bonds. The lowest BCUT2D eigenvalue weighted by atomic mass is 9.91. The van der Waals surface area contributed by atoms with Crippen LogP contribution >= 0.6 is 0 Å². The Bertz CT molecular complexity index is 913. The molecule has 0 aromatic heterocycles. The molecule has 0 radical (unpaired) electrons. The third-order valence-electron chi connectivity index (χ3n) is 4.72. The van der Waals surface area contributed by atoms with Crippen molar-refractivity contribution in [3.8, 4) is 11.5 Å². The highest BCUT2D eigenvalue weighted by atomic mass is 16.5. The Hall–Kier alpha value is -3.53. The zero-order valence-corrected chi connectivity index (χ0v) is 16.7. The van der Waals surface area contributed by atoms with E-state index in [0.29, 0.717) is 18.0 Å². The lowest BCUT2D eigenvalue weighted by molar-refractivity contribution is -0.116. The molecule has 0 heterocycles. The molecule has 29 heavy (non-hydrogen) atoms. The number of hydrogen-bond donors (Lipinski definition) is 1. The Morgan fingerprint density at radius 1 is 0.862 bits per heavy atom. The van der Waals surface area contributed by atoms with Gasteiger partial charge in [0, 0.05) is 18.5 Å². The van der Waals surface area contributed by atoms with Gasteiger partial charge in [-0.25, -0.2) is 0 Å². The molecule has 0 spiro atoms. The van der Waals surface area contributed by atoms with Gasteiger partial charge in [-0.15, -0.1) is 0 Å². The molecule has 0 aliphatic carbocycles. The van der Waals surface area contributed by atoms with E-state index >= 15 is 0 Å². The SMILES string of the molecule is COc1ccc(/C=C/C(=O)NCC(c2ccccc2)c2ccccc2)cc1OC. The van der Waals surface area contributed by atoms with Crippen molar-refractivity contribution in [2.45, 2.75) is 5.92 Å². The predicted molar refractivity (Wildman–Crippen MR) is 116 cm³/mol. The molecule has 0 fully saturated rings. The topological polar surface area (TPSA) is 47.6 Å². The number of rotatable bonds is 8. The molecule has 0 atom stereocenters. The van der Waals surface area contributed by atoms with Gasteiger partial charge in [-0.2, -0.15) is 0 Å². The van der Waals surface area contributed by atoms with Gasteiger partial charge < -0.3 is 14.8 Å². The van der Waals surface area contributed by atoms with E-state index in [-0.39, 0.29) is 11.8 Å². The average Bonchev–Trinajstić information content (AvgIpc) is 2.79. The van der Waals surface area contributed by atoms with Crippen LogP contribution in [0.1, 0.15) is 22.6 Å². The maximum atomic E-state index is 12.4. The molecule has 0 aliphatic heterocycles. The highest BCUT2D eigenvalue weighted by Crippen LogP contribution is 2.28. The fraction of sp³-hybridized carbons (Fsp3) is 0.160. The number of ether oxygens (including phenoxy) is 2. The minimum Gasteiger partial charge on any atom is -0.493 e. The molecule has 0 unspecified atom stereocenters. The number of amides is 1. The number of hydrogen-bond acceptors (Lipinski definition) is 3. The number of nitrogens with one attached hydrogen (secondary N) is 1. The Morgan fingerprint density at radius 3 is 2.00 bits per heavy atom. The van der Waals surface area contributed by atoms with Gasteiger partial charge in [0.25, 0.3) is 0 Å². The summed E-state index contributed by atoms with van der Waals surface area (Å²) in [7, 11) is 3.18. The van der Waals surface area contributed by atoms with E-state index in [9.17, 15) is 4.79 Å². The maximum Gasteiger partial charge on any atom is 0.244 e. The zero-order chi connectivity index (χ0) is 20.5. The van der Waals surface area contributed by atoms with Crippen molar-refractivity contribution in [2.75, 3.05) is 20.8 Å². The van der Waals surface area contributed by atoms with Crippen LogP contribution in [0.5, 0.6) is 11.5 Å². The van der Waals surface area contributed by atoms with Gasteiger partial charge in [-0.3, -0.25) is 4.79 Å². The summed E-state index contributed by atoms with van der Waals surface area (Å²) in [4.78, 5) is 12.4. The molecule has 0 saturated heterocycles. The summed E-state index contributed by atoms with van der Waals surface area (Å²) >= 11 is 0. The van der Waals surface area contributed by atoms with Gasteiger partial charge >= 0.3 is 0 Å². The van der Waals surface area contributed by atoms with Crippen molar-refractivity contribution in [1.82, 2.24) is 5.32 Å². The molecule has 3 rings (SSSR count). The monoisotopic (exact) mass is 387 g/mol. The van der Waals surface area contributed by atoms with Gasteiger partial charge in [0.1, 0.15) is 0 Å². The van der Waals surface area contributed by atoms with Crippen molar-refractivity contribution >= 4 is 12.0 Å². The average molecular weight is 387 g/mol. The normalized spacial score (nSPS) is 10.9. The van der Waals surface area contributed by atoms with Crippen LogP contribution < -0.4 is 14.8 Å². The first-order valence-electron chi connectivity index (χ1n) is 9.49. The van der Waals surface area contributed by atoms with Gasteiger partial charge in [-0.05, 0) is 34.9 Å². The van der Waals surface area contributed by atoms with Gasteiger partial charge in [0.2, 0.25) is 5.91 Å². The van der Waals surface area contributed by atoms with Crippen LogP contribution in [0.2, 0.25) is 0 Å². The second-order valence-corrected chi connectivity index (χ2v) is 6.57. The molecule has 148 valence electrons. The van der Waals surface area contributed by atoms with E-state index in [1.807, 2.05) is 54.6 Å². The molecule has 0 aliphatic rings. The third-order valence-corrected chi connectivity index (χ3v) is 4.72. The summed E-state index contributed by atoms with van der Waals surface area (Å²) in [6, 6.07) is 25.9. The van der Waals surface area contributed by atoms with E-state index in [4.69, 9.17) is 9.47 Å². The minimum absolute atomic E-state index is 0.0934. The molecule has 3 aromatic rings. The summed E-state index contributed by atoms with van der Waals surface area (Å²) in [5, 5.41) is 3.02. The molecule has 4 nitrogen and oxygen atoms in total. The first-order valence-corrected chi connectivity index (χ1v) is 9.49. The summed E-state index contributed by atoms with van der Waals surface area (Å²) in [6.45, 7) is 0.517. The van der Waals surface area contributed by atoms with Gasteiger partial charge in [0.05, 0.1) is 14.2 Å². The van der Waals surface area contributed by atoms with Crippen LogP contribution in [-0.4, -0.2) is 26.7 Å². The first-order chi connectivity index (χ1) is 14.2. The molecule has 4 heteroatoms. The Labute approximate surface area is 171 Å². The fourth-order valence-corrected chi connectivity index (χ4v) is 3.19. The van der Waals surface area contributed by atoms with Crippen molar-refractivity contribution in [3.63, 3.8) is 0 Å². The number of methoxy groups -OCH3 is 2. The molecular formula is C25H25NO3. The van der Waals surface area contributed by atoms with E-state index in [2.05, 4.69) is 29.6 Å². The molecule has 0 bridgehead atoms. The lowest BCUT2D eigenvalue weighted by Crippen LogP contribution is -2.27. The van der Waals surface area contributed by atoms with Gasteiger partial charge in [-0.1, -0.05) is 66.7 Å². The number of carbonyl (C=O) groups excluding carboxylic acids is 1. The molecule has 0 saturated carbocycles. The van der Waals surface area contributed by atoms with E-state index in [1.165, 1.54) is 17.2 Å². The summed E-state index contributed by atoms with van der Waals surface area (Å²) < 4.78 is 10.5. The maximum absolute atomic E-state index is 12.4. The fourth-order valence-electron chi connectivity index (χ4n) is 3.19. The van der Waals surface area contributed by atoms with E-state index < -0.39 is 0 Å². The largest absolute Gasteiger partial charge is 0.493 e. The van der Waals surface area contributed by atoms with Crippen LogP contribution in [0, 0.1) is 0 Å². The van der Waals surface area contributed by atoms with Gasteiger partial charge in [0.15, 0.2) is 11.5 Å². The highest BCUT2D eigenvalue weighted by molar-refractivity contribution is 5.91. The molecule has 1 N–H and O–H groups in total. The quantitative estimate of drug-likeness (QED) is 0.572. The second-order valence-electron chi connectivity index (χ2n) is 6.57. The minimum atomic E-state index is -0.142. The summed E-state index contributed by atoms with van der Waals surface area (Å²) in [6.07, 6.45) is 3.30. The Balaban J connectivity index is 1.68. The van der Waals surface area contributed by atoms with E-state index in [0.717, 1.165) is 5.56 Å². The first kappa shape index (κ1) is 20.2. The third kappa shape index (κ3) is 5.48. The van der Waals surface area contributed by atoms with Crippen molar-refractivity contribution in [2.24, 2.45) is 0 Å². The predicted octanol–water partition coefficient (Wildman–Crippen LogP) is 4.67. The number of carbonyl (C=O) groups is 1. The number of benzene rings is 3. The lowest BCUT2D eigenvalue weighted by Gasteiger charge is -2.18. The smallest absolute Gasteiger partial charge is 0.244 e. The summed E-state index contributed by atoms with van der Waals surface area (Å²) in [5.41, 5.74) is 3.20. The van der Waals surface area contributed by atoms with Crippen LogP contribution in [0.4, 0.5) is 0 Å². The van der Waals surface area contributed by atoms with Crippen LogP contribution in [0.15, 0.2) is 84.9 Å². The highest BCUT2D eigenvalue weighted by Gasteiger charge is 2.14.